The number of likely N-dealkylation sites (tertiary alicyclic amines) is 2. The average molecular weight is 521 g/mol. The van der Waals surface area contributed by atoms with Crippen molar-refractivity contribution in [2.75, 3.05) is 32.8 Å². The highest BCUT2D eigenvalue weighted by Crippen LogP contribution is 2.32. The second-order valence-corrected chi connectivity index (χ2v) is 12.2. The molecule has 0 aromatic rings. The number of aliphatic hydroxyl groups excluding tert-OH is 1. The highest BCUT2D eigenvalue weighted by atomic mass is 19.1. The van der Waals surface area contributed by atoms with Gasteiger partial charge in [0.25, 0.3) is 0 Å². The van der Waals surface area contributed by atoms with Gasteiger partial charge in [-0.2, -0.15) is 0 Å². The van der Waals surface area contributed by atoms with Crippen molar-refractivity contribution in [1.29, 1.82) is 0 Å². The smallest absolute Gasteiger partial charge is 0.410 e. The van der Waals surface area contributed by atoms with E-state index in [2.05, 4.69) is 6.92 Å². The summed E-state index contributed by atoms with van der Waals surface area (Å²) in [7, 11) is 0. The Bertz CT molecular complexity index is 637. The Morgan fingerprint density at radius 3 is 1.50 bits per heavy atom. The summed E-state index contributed by atoms with van der Waals surface area (Å²) in [5.41, 5.74) is -3.57. The number of hydrogen-bond acceptors (Lipinski definition) is 5. The molecule has 7 nitrogen and oxygen atoms in total. The maximum absolute atomic E-state index is 14.4. The zero-order valence-corrected chi connectivity index (χ0v) is 23.6. The summed E-state index contributed by atoms with van der Waals surface area (Å²) in [6.07, 6.45) is 5.22. The summed E-state index contributed by atoms with van der Waals surface area (Å²) in [5.74, 6) is 0. The quantitative estimate of drug-likeness (QED) is 0.374. The minimum absolute atomic E-state index is 0.0891. The van der Waals surface area contributed by atoms with Crippen molar-refractivity contribution in [3.63, 3.8) is 0 Å². The normalized spacial score (nSPS) is 24.4. The van der Waals surface area contributed by atoms with E-state index in [1.165, 1.54) is 9.80 Å². The van der Waals surface area contributed by atoms with Crippen LogP contribution in [0.2, 0.25) is 0 Å². The lowest BCUT2D eigenvalue weighted by Crippen LogP contribution is -2.37. The molecule has 2 heterocycles. The number of hydrogen-bond donors (Lipinski definition) is 1. The SMILES string of the molecule is CC(C)(C)OC(=O)N1CCC(F)(CCCCO)C1.CCCCCC1(F)CCN(C(=O)OC(C)(C)C)C1. The minimum Gasteiger partial charge on any atom is -0.444 e. The molecule has 2 atom stereocenters. The Labute approximate surface area is 216 Å². The van der Waals surface area contributed by atoms with Crippen molar-refractivity contribution < 1.29 is 33.0 Å². The molecule has 2 unspecified atom stereocenters. The molecular weight excluding hydrogens is 470 g/mol. The molecule has 0 radical (unpaired) electrons. The molecule has 0 aromatic heterocycles. The van der Waals surface area contributed by atoms with Gasteiger partial charge in [-0.15, -0.1) is 0 Å². The van der Waals surface area contributed by atoms with E-state index in [9.17, 15) is 18.4 Å². The molecule has 36 heavy (non-hydrogen) atoms. The number of unbranched alkanes of at least 4 members (excludes halogenated alkanes) is 3. The summed E-state index contributed by atoms with van der Waals surface area (Å²) < 4.78 is 39.3. The van der Waals surface area contributed by atoms with Crippen LogP contribution in [-0.4, -0.2) is 82.4 Å². The third-order valence-electron chi connectivity index (χ3n) is 6.17. The van der Waals surface area contributed by atoms with Crippen molar-refractivity contribution >= 4 is 12.2 Å². The molecule has 1 N–H and O–H groups in total. The first kappa shape index (κ1) is 32.4. The molecule has 0 spiro atoms. The molecular formula is C27H50F2N2O5. The number of halogens is 2. The molecule has 2 aliphatic heterocycles. The van der Waals surface area contributed by atoms with E-state index in [1.54, 1.807) is 20.8 Å². The predicted octanol–water partition coefficient (Wildman–Crippen LogP) is 6.41. The highest BCUT2D eigenvalue weighted by Gasteiger charge is 2.42. The first-order valence-corrected chi connectivity index (χ1v) is 13.5. The third kappa shape index (κ3) is 12.5. The van der Waals surface area contributed by atoms with Crippen molar-refractivity contribution in [2.45, 2.75) is 129 Å². The second-order valence-electron chi connectivity index (χ2n) is 12.2. The number of alkyl halides is 2. The Balaban J connectivity index is 0.000000360. The topological polar surface area (TPSA) is 79.3 Å². The average Bonchev–Trinajstić information content (AvgIpc) is 3.31. The Morgan fingerprint density at radius 1 is 0.778 bits per heavy atom. The fourth-order valence-electron chi connectivity index (χ4n) is 4.29. The number of carbonyl (C=O) groups excluding carboxylic acids is 2. The first-order chi connectivity index (χ1) is 16.5. The predicted molar refractivity (Wildman–Crippen MR) is 138 cm³/mol. The van der Waals surface area contributed by atoms with Gasteiger partial charge in [-0.05, 0) is 67.2 Å². The van der Waals surface area contributed by atoms with Gasteiger partial charge in [-0.25, -0.2) is 18.4 Å². The Hall–Kier alpha value is -1.64. The van der Waals surface area contributed by atoms with Crippen LogP contribution < -0.4 is 0 Å². The van der Waals surface area contributed by atoms with E-state index in [1.807, 2.05) is 20.8 Å². The van der Waals surface area contributed by atoms with Gasteiger partial charge < -0.3 is 24.4 Å². The van der Waals surface area contributed by atoms with Gasteiger partial charge in [0.15, 0.2) is 0 Å². The molecule has 2 saturated heterocycles. The summed E-state index contributed by atoms with van der Waals surface area (Å²) in [6.45, 7) is 14.2. The third-order valence-corrected chi connectivity index (χ3v) is 6.17. The van der Waals surface area contributed by atoms with Crippen molar-refractivity contribution in [3.8, 4) is 0 Å². The van der Waals surface area contributed by atoms with E-state index in [0.717, 1.165) is 19.3 Å². The number of nitrogens with zero attached hydrogens (tertiary/aromatic N) is 2. The Kier molecular flexibility index (Phi) is 12.4. The van der Waals surface area contributed by atoms with Crippen LogP contribution in [0.25, 0.3) is 0 Å². The molecule has 0 saturated carbocycles. The molecule has 9 heteroatoms. The fraction of sp³-hybridized carbons (Fsp3) is 0.926. The first-order valence-electron chi connectivity index (χ1n) is 13.5. The van der Waals surface area contributed by atoms with Crippen LogP contribution in [0.1, 0.15) is 106 Å². The van der Waals surface area contributed by atoms with E-state index >= 15 is 0 Å². The van der Waals surface area contributed by atoms with Gasteiger partial charge >= 0.3 is 12.2 Å². The maximum Gasteiger partial charge on any atom is 0.410 e. The van der Waals surface area contributed by atoms with E-state index < -0.39 is 34.7 Å². The van der Waals surface area contributed by atoms with Crippen LogP contribution in [0.4, 0.5) is 18.4 Å². The molecule has 2 aliphatic rings. The van der Waals surface area contributed by atoms with Gasteiger partial charge in [-0.1, -0.05) is 26.2 Å². The van der Waals surface area contributed by atoms with Crippen LogP contribution in [0, 0.1) is 0 Å². The van der Waals surface area contributed by atoms with Crippen LogP contribution in [0.3, 0.4) is 0 Å². The molecule has 2 fully saturated rings. The number of amides is 2. The zero-order chi connectivity index (χ0) is 27.6. The molecule has 0 aliphatic carbocycles. The van der Waals surface area contributed by atoms with Crippen LogP contribution in [0.5, 0.6) is 0 Å². The summed E-state index contributed by atoms with van der Waals surface area (Å²) in [5, 5.41) is 8.68. The fourth-order valence-corrected chi connectivity index (χ4v) is 4.29. The standard InChI is InChI=1S/C14H26FNO2.C13H24FNO3/c1-5-6-7-8-14(15)9-10-16(11-14)12(17)18-13(2,3)4;1-12(2,3)18-11(17)15-8-7-13(14,10-15)6-4-5-9-16/h5-11H2,1-4H3;16H,4-10H2,1-3H3. The monoisotopic (exact) mass is 520 g/mol. The summed E-state index contributed by atoms with van der Waals surface area (Å²) in [4.78, 5) is 26.5. The van der Waals surface area contributed by atoms with Gasteiger partial charge in [-0.3, -0.25) is 0 Å². The summed E-state index contributed by atoms with van der Waals surface area (Å²) in [6, 6.07) is 0. The summed E-state index contributed by atoms with van der Waals surface area (Å²) >= 11 is 0. The van der Waals surface area contributed by atoms with Gasteiger partial charge in [0.1, 0.15) is 22.5 Å². The van der Waals surface area contributed by atoms with Crippen molar-refractivity contribution in [1.82, 2.24) is 9.80 Å². The van der Waals surface area contributed by atoms with Crippen LogP contribution in [0.15, 0.2) is 0 Å². The number of ether oxygens (including phenoxy) is 2. The number of carbonyl (C=O) groups is 2. The van der Waals surface area contributed by atoms with Crippen molar-refractivity contribution in [2.24, 2.45) is 0 Å². The van der Waals surface area contributed by atoms with Crippen LogP contribution >= 0.6 is 0 Å². The van der Waals surface area contributed by atoms with Crippen molar-refractivity contribution in [3.05, 3.63) is 0 Å². The number of aliphatic hydroxyl groups is 1. The molecule has 0 bridgehead atoms. The molecule has 0 aromatic carbocycles. The molecule has 2 amide bonds. The molecule has 2 rings (SSSR count). The highest BCUT2D eigenvalue weighted by molar-refractivity contribution is 5.69. The lowest BCUT2D eigenvalue weighted by molar-refractivity contribution is 0.0245. The van der Waals surface area contributed by atoms with Gasteiger partial charge in [0, 0.05) is 32.5 Å². The lowest BCUT2D eigenvalue weighted by atomic mass is 9.97. The minimum atomic E-state index is -1.31. The number of rotatable bonds is 8. The van der Waals surface area contributed by atoms with Gasteiger partial charge in [0.2, 0.25) is 0 Å². The van der Waals surface area contributed by atoms with Crippen LogP contribution in [-0.2, 0) is 9.47 Å². The van der Waals surface area contributed by atoms with Gasteiger partial charge in [0.05, 0.1) is 13.1 Å². The van der Waals surface area contributed by atoms with E-state index in [-0.39, 0.29) is 19.7 Å². The second kappa shape index (κ2) is 13.8. The Morgan fingerprint density at radius 2 is 1.17 bits per heavy atom. The largest absolute Gasteiger partial charge is 0.444 e. The van der Waals surface area contributed by atoms with E-state index in [4.69, 9.17) is 14.6 Å². The van der Waals surface area contributed by atoms with E-state index in [0.29, 0.717) is 51.6 Å². The maximum atomic E-state index is 14.4. The lowest BCUT2D eigenvalue weighted by Gasteiger charge is -2.25. The molecule has 212 valence electrons. The zero-order valence-electron chi connectivity index (χ0n) is 23.6.